The van der Waals surface area contributed by atoms with Gasteiger partial charge in [-0.2, -0.15) is 0 Å². The predicted octanol–water partition coefficient (Wildman–Crippen LogP) is 1.79. The Balaban J connectivity index is 2.76. The Morgan fingerprint density at radius 2 is 2.22 bits per heavy atom. The van der Waals surface area contributed by atoms with Crippen LogP contribution in [0.15, 0.2) is 0 Å². The number of likely N-dealkylation sites (N-methyl/N-ethyl adjacent to an activating group) is 1. The van der Waals surface area contributed by atoms with Crippen molar-refractivity contribution in [3.8, 4) is 0 Å². The van der Waals surface area contributed by atoms with E-state index in [0.29, 0.717) is 12.1 Å². The molecule has 0 heterocycles. The minimum Gasteiger partial charge on any atom is -0.468 e. The lowest BCUT2D eigenvalue weighted by molar-refractivity contribution is -0.148. The number of carbonyl (C=O) groups excluding carboxylic acids is 1. The van der Waals surface area contributed by atoms with Gasteiger partial charge in [0.15, 0.2) is 0 Å². The molecule has 0 radical (unpaired) electrons. The topological polar surface area (TPSA) is 41.6 Å². The van der Waals surface area contributed by atoms with Crippen molar-refractivity contribution in [3.63, 3.8) is 0 Å². The van der Waals surface area contributed by atoms with Crippen molar-refractivity contribution in [2.45, 2.75) is 64.1 Å². The molecule has 1 rings (SSSR count). The van der Waals surface area contributed by atoms with Crippen LogP contribution in [0.5, 0.6) is 0 Å². The fourth-order valence-corrected chi connectivity index (χ4v) is 3.13. The monoisotopic (exact) mass is 256 g/mol. The van der Waals surface area contributed by atoms with Crippen LogP contribution in [0.2, 0.25) is 0 Å². The van der Waals surface area contributed by atoms with Crippen LogP contribution in [0.3, 0.4) is 0 Å². The number of hydrogen-bond acceptors (Lipinski definition) is 4. The van der Waals surface area contributed by atoms with Gasteiger partial charge < -0.3 is 10.1 Å². The van der Waals surface area contributed by atoms with Crippen LogP contribution < -0.4 is 5.32 Å². The number of methoxy groups -OCH3 is 1. The van der Waals surface area contributed by atoms with Crippen molar-refractivity contribution in [1.29, 1.82) is 0 Å². The molecule has 0 aromatic rings. The summed E-state index contributed by atoms with van der Waals surface area (Å²) in [5.74, 6) is -0.118. The molecule has 0 aliphatic heterocycles. The molecule has 0 aromatic heterocycles. The molecule has 1 aliphatic carbocycles. The average Bonchev–Trinajstić information content (AvgIpc) is 2.79. The Hall–Kier alpha value is -0.610. The average molecular weight is 256 g/mol. The van der Waals surface area contributed by atoms with Crippen molar-refractivity contribution in [1.82, 2.24) is 10.2 Å². The summed E-state index contributed by atoms with van der Waals surface area (Å²) in [5.41, 5.74) is -0.472. The van der Waals surface area contributed by atoms with Crippen LogP contribution in [0.25, 0.3) is 0 Å². The maximum Gasteiger partial charge on any atom is 0.326 e. The highest BCUT2D eigenvalue weighted by molar-refractivity contribution is 5.81. The zero-order chi connectivity index (χ0) is 13.8. The number of carbonyl (C=O) groups is 1. The molecule has 2 unspecified atom stereocenters. The number of hydrogen-bond donors (Lipinski definition) is 1. The lowest BCUT2D eigenvalue weighted by Crippen LogP contribution is -2.51. The molecule has 18 heavy (non-hydrogen) atoms. The molecule has 106 valence electrons. The standard InChI is InChI=1S/C14H28N2O2/c1-6-9-16(11(2)3)12-7-8-14(10-12,15-4)13(17)18-5/h11-12,15H,6-10H2,1-5H3. The van der Waals surface area contributed by atoms with E-state index >= 15 is 0 Å². The van der Waals surface area contributed by atoms with Crippen molar-refractivity contribution in [3.05, 3.63) is 0 Å². The van der Waals surface area contributed by atoms with E-state index in [2.05, 4.69) is 31.0 Å². The molecule has 4 heteroatoms. The highest BCUT2D eigenvalue weighted by atomic mass is 16.5. The molecular formula is C14H28N2O2. The zero-order valence-corrected chi connectivity index (χ0v) is 12.5. The molecule has 1 fully saturated rings. The Bertz CT molecular complexity index is 281. The molecule has 0 spiro atoms. The van der Waals surface area contributed by atoms with E-state index in [-0.39, 0.29) is 5.97 Å². The third-order valence-electron chi connectivity index (χ3n) is 4.16. The van der Waals surface area contributed by atoms with Crippen molar-refractivity contribution in [2.24, 2.45) is 0 Å². The first kappa shape index (κ1) is 15.4. The molecule has 1 N–H and O–H groups in total. The summed E-state index contributed by atoms with van der Waals surface area (Å²) < 4.78 is 4.96. The van der Waals surface area contributed by atoms with Crippen LogP contribution in [-0.2, 0) is 9.53 Å². The van der Waals surface area contributed by atoms with Crippen molar-refractivity contribution >= 4 is 5.97 Å². The van der Waals surface area contributed by atoms with Crippen LogP contribution >= 0.6 is 0 Å². The quantitative estimate of drug-likeness (QED) is 0.736. The van der Waals surface area contributed by atoms with Gasteiger partial charge >= 0.3 is 5.97 Å². The van der Waals surface area contributed by atoms with E-state index < -0.39 is 5.54 Å². The second kappa shape index (κ2) is 6.53. The minimum absolute atomic E-state index is 0.118. The SMILES string of the molecule is CCCN(C(C)C)C1CCC(NC)(C(=O)OC)C1. The maximum absolute atomic E-state index is 12.0. The Morgan fingerprint density at radius 1 is 1.56 bits per heavy atom. The summed E-state index contributed by atoms with van der Waals surface area (Å²) in [6.07, 6.45) is 3.94. The molecule has 0 saturated heterocycles. The van der Waals surface area contributed by atoms with Crippen LogP contribution in [-0.4, -0.2) is 49.2 Å². The van der Waals surface area contributed by atoms with Crippen molar-refractivity contribution < 1.29 is 9.53 Å². The Kier molecular flexibility index (Phi) is 5.60. The number of ether oxygens (including phenoxy) is 1. The van der Waals surface area contributed by atoms with Gasteiger partial charge in [0, 0.05) is 12.1 Å². The summed E-state index contributed by atoms with van der Waals surface area (Å²) in [5, 5.41) is 3.19. The first-order chi connectivity index (χ1) is 8.50. The highest BCUT2D eigenvalue weighted by Crippen LogP contribution is 2.34. The molecule has 4 nitrogen and oxygen atoms in total. The fourth-order valence-electron chi connectivity index (χ4n) is 3.13. The molecular weight excluding hydrogens is 228 g/mol. The molecule has 0 aromatic carbocycles. The van der Waals surface area contributed by atoms with Crippen LogP contribution in [0.1, 0.15) is 46.5 Å². The normalized spacial score (nSPS) is 28.1. The Labute approximate surface area is 111 Å². The minimum atomic E-state index is -0.472. The van der Waals surface area contributed by atoms with E-state index in [1.165, 1.54) is 7.11 Å². The van der Waals surface area contributed by atoms with E-state index in [4.69, 9.17) is 4.74 Å². The summed E-state index contributed by atoms with van der Waals surface area (Å²) in [4.78, 5) is 14.5. The lowest BCUT2D eigenvalue weighted by Gasteiger charge is -2.34. The van der Waals surface area contributed by atoms with Gasteiger partial charge in [0.2, 0.25) is 0 Å². The Morgan fingerprint density at radius 3 is 2.67 bits per heavy atom. The van der Waals surface area contributed by atoms with Gasteiger partial charge in [-0.15, -0.1) is 0 Å². The van der Waals surface area contributed by atoms with Crippen LogP contribution in [0.4, 0.5) is 0 Å². The van der Waals surface area contributed by atoms with Gasteiger partial charge in [-0.05, 0) is 53.1 Å². The summed E-state index contributed by atoms with van der Waals surface area (Å²) in [6.45, 7) is 7.76. The third kappa shape index (κ3) is 3.04. The second-order valence-electron chi connectivity index (χ2n) is 5.55. The second-order valence-corrected chi connectivity index (χ2v) is 5.55. The molecule has 1 aliphatic rings. The van der Waals surface area contributed by atoms with Gasteiger partial charge in [-0.25, -0.2) is 0 Å². The largest absolute Gasteiger partial charge is 0.468 e. The van der Waals surface area contributed by atoms with Gasteiger partial charge in [-0.3, -0.25) is 9.69 Å². The molecule has 1 saturated carbocycles. The van der Waals surface area contributed by atoms with Crippen molar-refractivity contribution in [2.75, 3.05) is 20.7 Å². The van der Waals surface area contributed by atoms with Gasteiger partial charge in [0.05, 0.1) is 7.11 Å². The number of esters is 1. The first-order valence-corrected chi connectivity index (χ1v) is 7.03. The molecule has 0 bridgehead atoms. The predicted molar refractivity (Wildman–Crippen MR) is 73.6 cm³/mol. The summed E-state index contributed by atoms with van der Waals surface area (Å²) in [7, 11) is 3.33. The number of nitrogens with one attached hydrogen (secondary N) is 1. The summed E-state index contributed by atoms with van der Waals surface area (Å²) in [6, 6.07) is 1.01. The lowest BCUT2D eigenvalue weighted by atomic mass is 9.97. The smallest absolute Gasteiger partial charge is 0.326 e. The first-order valence-electron chi connectivity index (χ1n) is 7.03. The van der Waals surface area contributed by atoms with E-state index in [1.807, 2.05) is 7.05 Å². The van der Waals surface area contributed by atoms with E-state index in [0.717, 1.165) is 32.2 Å². The molecule has 0 amide bonds. The fraction of sp³-hybridized carbons (Fsp3) is 0.929. The van der Waals surface area contributed by atoms with Gasteiger partial charge in [0.1, 0.15) is 5.54 Å². The van der Waals surface area contributed by atoms with E-state index in [1.54, 1.807) is 0 Å². The number of rotatable bonds is 6. The zero-order valence-electron chi connectivity index (χ0n) is 12.5. The summed E-state index contributed by atoms with van der Waals surface area (Å²) >= 11 is 0. The van der Waals surface area contributed by atoms with Gasteiger partial charge in [0.25, 0.3) is 0 Å². The van der Waals surface area contributed by atoms with Crippen LogP contribution in [0, 0.1) is 0 Å². The molecule has 2 atom stereocenters. The van der Waals surface area contributed by atoms with Gasteiger partial charge in [-0.1, -0.05) is 6.92 Å². The maximum atomic E-state index is 12.0. The number of nitrogens with zero attached hydrogens (tertiary/aromatic N) is 1. The third-order valence-corrected chi connectivity index (χ3v) is 4.16. The highest BCUT2D eigenvalue weighted by Gasteiger charge is 2.46. The van der Waals surface area contributed by atoms with E-state index in [9.17, 15) is 4.79 Å².